The van der Waals surface area contributed by atoms with Crippen LogP contribution in [-0.2, 0) is 0 Å². The molecular formula is C48H40. The Balaban J connectivity index is 1.49. The van der Waals surface area contributed by atoms with Crippen molar-refractivity contribution in [3.63, 3.8) is 0 Å². The largest absolute Gasteiger partial charge is 0.0616 e. The van der Waals surface area contributed by atoms with E-state index in [2.05, 4.69) is 175 Å². The zero-order valence-electron chi connectivity index (χ0n) is 28.7. The van der Waals surface area contributed by atoms with Gasteiger partial charge in [0, 0.05) is 0 Å². The Morgan fingerprint density at radius 3 is 1.06 bits per heavy atom. The van der Waals surface area contributed by atoms with Gasteiger partial charge in [-0.05, 0) is 165 Å². The SMILES string of the molecule is Cc1cc(C)c(-c2cc(-c3c(C)cc(C)cc3C)cc(-c3c4ccccc4c(-c4ccc5ccccc5c4)c4ccccc34)c2)c(C)c1. The molecule has 0 saturated heterocycles. The summed E-state index contributed by atoms with van der Waals surface area (Å²) < 4.78 is 0. The summed E-state index contributed by atoms with van der Waals surface area (Å²) in [7, 11) is 0. The molecule has 0 atom stereocenters. The van der Waals surface area contributed by atoms with E-state index in [9.17, 15) is 0 Å². The molecule has 0 amide bonds. The molecule has 0 fully saturated rings. The van der Waals surface area contributed by atoms with E-state index in [1.54, 1.807) is 0 Å². The predicted molar refractivity (Wildman–Crippen MR) is 209 cm³/mol. The van der Waals surface area contributed by atoms with Gasteiger partial charge in [0.15, 0.2) is 0 Å². The van der Waals surface area contributed by atoms with Crippen LogP contribution in [0.25, 0.3) is 76.8 Å². The molecule has 0 N–H and O–H groups in total. The first-order valence-corrected chi connectivity index (χ1v) is 17.0. The first kappa shape index (κ1) is 29.9. The maximum absolute atomic E-state index is 2.44. The van der Waals surface area contributed by atoms with Gasteiger partial charge in [-0.25, -0.2) is 0 Å². The van der Waals surface area contributed by atoms with E-state index in [-0.39, 0.29) is 0 Å². The molecule has 0 aliphatic carbocycles. The van der Waals surface area contributed by atoms with Crippen LogP contribution in [0.3, 0.4) is 0 Å². The summed E-state index contributed by atoms with van der Waals surface area (Å²) in [5, 5.41) is 7.63. The van der Waals surface area contributed by atoms with Crippen LogP contribution in [-0.4, -0.2) is 0 Å². The lowest BCUT2D eigenvalue weighted by molar-refractivity contribution is 1.31. The second kappa shape index (κ2) is 11.7. The first-order chi connectivity index (χ1) is 23.3. The highest BCUT2D eigenvalue weighted by Gasteiger charge is 2.20. The van der Waals surface area contributed by atoms with Gasteiger partial charge in [0.25, 0.3) is 0 Å². The Labute approximate surface area is 284 Å². The molecule has 0 unspecified atom stereocenters. The number of hydrogen-bond donors (Lipinski definition) is 0. The summed E-state index contributed by atoms with van der Waals surface area (Å²) >= 11 is 0. The predicted octanol–water partition coefficient (Wildman–Crippen LogP) is 13.7. The van der Waals surface area contributed by atoms with Crippen LogP contribution in [0, 0.1) is 41.5 Å². The Bertz CT molecular complexity index is 2380. The third-order valence-corrected chi connectivity index (χ3v) is 10.1. The average molecular weight is 617 g/mol. The average Bonchev–Trinajstić information content (AvgIpc) is 3.06. The van der Waals surface area contributed by atoms with Gasteiger partial charge in [-0.1, -0.05) is 120 Å². The Morgan fingerprint density at radius 2 is 0.625 bits per heavy atom. The van der Waals surface area contributed by atoms with Crippen LogP contribution in [0.5, 0.6) is 0 Å². The van der Waals surface area contributed by atoms with E-state index in [0.29, 0.717) is 0 Å². The van der Waals surface area contributed by atoms with Gasteiger partial charge in [0.1, 0.15) is 0 Å². The minimum absolute atomic E-state index is 1.25. The second-order valence-corrected chi connectivity index (χ2v) is 13.7. The van der Waals surface area contributed by atoms with Crippen molar-refractivity contribution in [3.8, 4) is 44.5 Å². The summed E-state index contributed by atoms with van der Waals surface area (Å²) in [6.07, 6.45) is 0. The van der Waals surface area contributed by atoms with Crippen molar-refractivity contribution in [2.24, 2.45) is 0 Å². The zero-order chi connectivity index (χ0) is 33.1. The van der Waals surface area contributed by atoms with Gasteiger partial charge in [-0.15, -0.1) is 0 Å². The minimum atomic E-state index is 1.25. The summed E-state index contributed by atoms with van der Waals surface area (Å²) in [5.41, 5.74) is 18.1. The van der Waals surface area contributed by atoms with Crippen molar-refractivity contribution in [1.82, 2.24) is 0 Å². The number of aryl methyl sites for hydroxylation is 6. The third kappa shape index (κ3) is 5.00. The van der Waals surface area contributed by atoms with E-state index >= 15 is 0 Å². The van der Waals surface area contributed by atoms with Crippen LogP contribution in [0.1, 0.15) is 33.4 Å². The highest BCUT2D eigenvalue weighted by atomic mass is 14.2. The van der Waals surface area contributed by atoms with E-state index in [4.69, 9.17) is 0 Å². The van der Waals surface area contributed by atoms with Crippen LogP contribution in [0.2, 0.25) is 0 Å². The summed E-state index contributed by atoms with van der Waals surface area (Å²) in [5.74, 6) is 0. The van der Waals surface area contributed by atoms with Gasteiger partial charge in [0.05, 0.1) is 0 Å². The molecule has 232 valence electrons. The molecular weight excluding hydrogens is 577 g/mol. The van der Waals surface area contributed by atoms with Gasteiger partial charge >= 0.3 is 0 Å². The number of hydrogen-bond acceptors (Lipinski definition) is 0. The molecule has 0 bridgehead atoms. The maximum Gasteiger partial charge on any atom is -0.00259 e. The molecule has 0 aliphatic heterocycles. The molecule has 0 aliphatic rings. The monoisotopic (exact) mass is 616 g/mol. The van der Waals surface area contributed by atoms with Crippen LogP contribution >= 0.6 is 0 Å². The smallest absolute Gasteiger partial charge is 0.00259 e. The fourth-order valence-electron chi connectivity index (χ4n) is 8.43. The van der Waals surface area contributed by atoms with Crippen molar-refractivity contribution in [2.45, 2.75) is 41.5 Å². The topological polar surface area (TPSA) is 0 Å². The fraction of sp³-hybridized carbons (Fsp3) is 0.125. The second-order valence-electron chi connectivity index (χ2n) is 13.7. The van der Waals surface area contributed by atoms with Gasteiger partial charge in [-0.3, -0.25) is 0 Å². The summed E-state index contributed by atoms with van der Waals surface area (Å²) in [6, 6.07) is 50.2. The first-order valence-electron chi connectivity index (χ1n) is 17.0. The Kier molecular flexibility index (Phi) is 7.26. The molecule has 48 heavy (non-hydrogen) atoms. The molecule has 8 aromatic rings. The van der Waals surface area contributed by atoms with Crippen LogP contribution in [0.15, 0.2) is 133 Å². The standard InChI is InChI=1S/C48H40/c1-29-21-31(3)45(32(4)22-29)38-26-39(46-33(5)23-30(2)24-34(46)6)28-40(27-38)48-43-17-11-9-15-41(43)47(42-16-10-12-18-44(42)48)37-20-19-35-13-7-8-14-36(35)25-37/h7-28H,1-6H3. The lowest BCUT2D eigenvalue weighted by Gasteiger charge is -2.21. The van der Waals surface area contributed by atoms with Crippen LogP contribution in [0.4, 0.5) is 0 Å². The van der Waals surface area contributed by atoms with Gasteiger partial charge in [0.2, 0.25) is 0 Å². The zero-order valence-corrected chi connectivity index (χ0v) is 28.7. The molecule has 0 aromatic heterocycles. The van der Waals surface area contributed by atoms with E-state index in [1.165, 1.54) is 110 Å². The fourth-order valence-corrected chi connectivity index (χ4v) is 8.43. The molecule has 0 heterocycles. The number of benzene rings is 8. The Morgan fingerprint density at radius 1 is 0.271 bits per heavy atom. The van der Waals surface area contributed by atoms with Gasteiger partial charge in [-0.2, -0.15) is 0 Å². The molecule has 0 saturated carbocycles. The maximum atomic E-state index is 2.44. The highest BCUT2D eigenvalue weighted by Crippen LogP contribution is 2.46. The van der Waals surface area contributed by atoms with E-state index in [0.717, 1.165) is 0 Å². The minimum Gasteiger partial charge on any atom is -0.0616 e. The molecule has 0 spiro atoms. The molecule has 0 nitrogen and oxygen atoms in total. The Hall–Kier alpha value is -5.46. The normalized spacial score (nSPS) is 11.5. The lowest BCUT2D eigenvalue weighted by Crippen LogP contribution is -1.96. The van der Waals surface area contributed by atoms with Crippen molar-refractivity contribution in [2.75, 3.05) is 0 Å². The molecule has 8 rings (SSSR count). The highest BCUT2D eigenvalue weighted by molar-refractivity contribution is 6.22. The molecule has 0 heteroatoms. The number of rotatable bonds is 4. The lowest BCUT2D eigenvalue weighted by atomic mass is 9.82. The molecule has 0 radical (unpaired) electrons. The van der Waals surface area contributed by atoms with Crippen molar-refractivity contribution < 1.29 is 0 Å². The van der Waals surface area contributed by atoms with Crippen molar-refractivity contribution in [1.29, 1.82) is 0 Å². The van der Waals surface area contributed by atoms with E-state index in [1.807, 2.05) is 0 Å². The van der Waals surface area contributed by atoms with Crippen molar-refractivity contribution in [3.05, 3.63) is 167 Å². The van der Waals surface area contributed by atoms with Crippen molar-refractivity contribution >= 4 is 32.3 Å². The summed E-state index contributed by atoms with van der Waals surface area (Å²) in [6.45, 7) is 13.4. The van der Waals surface area contributed by atoms with E-state index < -0.39 is 0 Å². The molecule has 8 aromatic carbocycles. The van der Waals surface area contributed by atoms with Gasteiger partial charge < -0.3 is 0 Å². The number of fused-ring (bicyclic) bond motifs is 3. The third-order valence-electron chi connectivity index (χ3n) is 10.1. The van der Waals surface area contributed by atoms with Crippen LogP contribution < -0.4 is 0 Å². The summed E-state index contributed by atoms with van der Waals surface area (Å²) in [4.78, 5) is 0. The quantitative estimate of drug-likeness (QED) is 0.173.